The zero-order chi connectivity index (χ0) is 15.9. The second-order valence-electron chi connectivity index (χ2n) is 4.45. The number of anilines is 2. The van der Waals surface area contributed by atoms with Crippen LogP contribution >= 0.6 is 15.9 Å². The molecule has 0 radical (unpaired) electrons. The van der Waals surface area contributed by atoms with Crippen molar-refractivity contribution in [2.45, 2.75) is 0 Å². The Labute approximate surface area is 137 Å². The SMILES string of the molecule is COc1ccc(Br)cc1NCC(=O)Nc1ccccc1OC. The number of halogens is 1. The second kappa shape index (κ2) is 7.70. The van der Waals surface area contributed by atoms with Gasteiger partial charge in [0.05, 0.1) is 32.1 Å². The first kappa shape index (κ1) is 16.2. The topological polar surface area (TPSA) is 59.6 Å². The number of carbonyl (C=O) groups is 1. The maximum Gasteiger partial charge on any atom is 0.243 e. The highest BCUT2D eigenvalue weighted by molar-refractivity contribution is 9.10. The summed E-state index contributed by atoms with van der Waals surface area (Å²) in [5.41, 5.74) is 1.38. The van der Waals surface area contributed by atoms with E-state index in [0.717, 1.165) is 10.2 Å². The van der Waals surface area contributed by atoms with Crippen molar-refractivity contribution < 1.29 is 14.3 Å². The quantitative estimate of drug-likeness (QED) is 0.823. The molecule has 0 aliphatic heterocycles. The van der Waals surface area contributed by atoms with Gasteiger partial charge >= 0.3 is 0 Å². The molecule has 0 saturated heterocycles. The van der Waals surface area contributed by atoms with Crippen molar-refractivity contribution >= 4 is 33.2 Å². The summed E-state index contributed by atoms with van der Waals surface area (Å²) in [6, 6.07) is 12.8. The van der Waals surface area contributed by atoms with Gasteiger partial charge in [0.15, 0.2) is 0 Å². The molecule has 0 unspecified atom stereocenters. The number of benzene rings is 2. The molecule has 1 amide bonds. The van der Waals surface area contributed by atoms with E-state index in [0.29, 0.717) is 17.2 Å². The van der Waals surface area contributed by atoms with Crippen LogP contribution in [-0.2, 0) is 4.79 Å². The van der Waals surface area contributed by atoms with Gasteiger partial charge in [-0.25, -0.2) is 0 Å². The molecule has 0 saturated carbocycles. The van der Waals surface area contributed by atoms with E-state index in [1.54, 1.807) is 26.4 Å². The van der Waals surface area contributed by atoms with Crippen LogP contribution in [-0.4, -0.2) is 26.7 Å². The van der Waals surface area contributed by atoms with Crippen LogP contribution in [0.4, 0.5) is 11.4 Å². The van der Waals surface area contributed by atoms with Crippen molar-refractivity contribution in [2.75, 3.05) is 31.4 Å². The number of para-hydroxylation sites is 2. The summed E-state index contributed by atoms with van der Waals surface area (Å²) in [6.07, 6.45) is 0. The highest BCUT2D eigenvalue weighted by Crippen LogP contribution is 2.28. The lowest BCUT2D eigenvalue weighted by Crippen LogP contribution is -2.22. The normalized spacial score (nSPS) is 9.95. The van der Waals surface area contributed by atoms with Crippen molar-refractivity contribution in [2.24, 2.45) is 0 Å². The minimum Gasteiger partial charge on any atom is -0.495 e. The van der Waals surface area contributed by atoms with Gasteiger partial charge in [-0.15, -0.1) is 0 Å². The summed E-state index contributed by atoms with van der Waals surface area (Å²) in [7, 11) is 3.15. The average Bonchev–Trinajstić information content (AvgIpc) is 2.53. The summed E-state index contributed by atoms with van der Waals surface area (Å²) < 4.78 is 11.4. The fourth-order valence-electron chi connectivity index (χ4n) is 1.94. The molecule has 2 aromatic carbocycles. The first-order chi connectivity index (χ1) is 10.6. The molecule has 0 bridgehead atoms. The van der Waals surface area contributed by atoms with E-state index >= 15 is 0 Å². The van der Waals surface area contributed by atoms with Crippen molar-refractivity contribution in [1.29, 1.82) is 0 Å². The zero-order valence-corrected chi connectivity index (χ0v) is 13.9. The maximum absolute atomic E-state index is 12.1. The van der Waals surface area contributed by atoms with Crippen LogP contribution in [0.25, 0.3) is 0 Å². The molecule has 0 spiro atoms. The summed E-state index contributed by atoms with van der Waals surface area (Å²) in [6.45, 7) is 0.116. The Morgan fingerprint density at radius 3 is 2.45 bits per heavy atom. The van der Waals surface area contributed by atoms with E-state index in [-0.39, 0.29) is 12.5 Å². The Morgan fingerprint density at radius 2 is 1.73 bits per heavy atom. The van der Waals surface area contributed by atoms with E-state index < -0.39 is 0 Å². The van der Waals surface area contributed by atoms with Crippen LogP contribution < -0.4 is 20.1 Å². The van der Waals surface area contributed by atoms with Crippen LogP contribution in [0.1, 0.15) is 0 Å². The van der Waals surface area contributed by atoms with Crippen molar-refractivity contribution in [3.8, 4) is 11.5 Å². The van der Waals surface area contributed by atoms with Crippen LogP contribution in [0.5, 0.6) is 11.5 Å². The average molecular weight is 365 g/mol. The van der Waals surface area contributed by atoms with Crippen LogP contribution in [0.3, 0.4) is 0 Å². The highest BCUT2D eigenvalue weighted by atomic mass is 79.9. The van der Waals surface area contributed by atoms with Crippen LogP contribution in [0, 0.1) is 0 Å². The highest BCUT2D eigenvalue weighted by Gasteiger charge is 2.09. The van der Waals surface area contributed by atoms with E-state index in [4.69, 9.17) is 9.47 Å². The third-order valence-corrected chi connectivity index (χ3v) is 3.48. The smallest absolute Gasteiger partial charge is 0.243 e. The van der Waals surface area contributed by atoms with Gasteiger partial charge in [-0.2, -0.15) is 0 Å². The monoisotopic (exact) mass is 364 g/mol. The van der Waals surface area contributed by atoms with Crippen molar-refractivity contribution in [3.05, 3.63) is 46.9 Å². The third kappa shape index (κ3) is 4.14. The van der Waals surface area contributed by atoms with Gasteiger partial charge in [-0.05, 0) is 30.3 Å². The molecular weight excluding hydrogens is 348 g/mol. The van der Waals surface area contributed by atoms with Gasteiger partial charge in [0.1, 0.15) is 11.5 Å². The predicted molar refractivity (Wildman–Crippen MR) is 90.8 cm³/mol. The van der Waals surface area contributed by atoms with Gasteiger partial charge < -0.3 is 20.1 Å². The number of methoxy groups -OCH3 is 2. The Bertz CT molecular complexity index is 662. The van der Waals surface area contributed by atoms with Gasteiger partial charge in [0, 0.05) is 4.47 Å². The van der Waals surface area contributed by atoms with Crippen LogP contribution in [0.15, 0.2) is 46.9 Å². The summed E-state index contributed by atoms with van der Waals surface area (Å²) >= 11 is 3.39. The molecule has 0 aliphatic carbocycles. The molecular formula is C16H17BrN2O3. The number of ether oxygens (including phenoxy) is 2. The Morgan fingerprint density at radius 1 is 1.05 bits per heavy atom. The fourth-order valence-corrected chi connectivity index (χ4v) is 2.30. The zero-order valence-electron chi connectivity index (χ0n) is 12.4. The molecule has 2 aromatic rings. The Hall–Kier alpha value is -2.21. The number of hydrogen-bond acceptors (Lipinski definition) is 4. The minimum absolute atomic E-state index is 0.116. The largest absolute Gasteiger partial charge is 0.495 e. The number of amides is 1. The first-order valence-corrected chi connectivity index (χ1v) is 7.43. The van der Waals surface area contributed by atoms with Gasteiger partial charge in [0.2, 0.25) is 5.91 Å². The van der Waals surface area contributed by atoms with Gasteiger partial charge in [-0.3, -0.25) is 4.79 Å². The summed E-state index contributed by atoms with van der Waals surface area (Å²) in [5, 5.41) is 5.86. The Kier molecular flexibility index (Phi) is 5.66. The maximum atomic E-state index is 12.1. The second-order valence-corrected chi connectivity index (χ2v) is 5.36. The fraction of sp³-hybridized carbons (Fsp3) is 0.188. The number of rotatable bonds is 6. The van der Waals surface area contributed by atoms with Gasteiger partial charge in [-0.1, -0.05) is 28.1 Å². The standard InChI is InChI=1S/C16H17BrN2O3/c1-21-14-6-4-3-5-12(14)19-16(20)10-18-13-9-11(17)7-8-15(13)22-2/h3-9,18H,10H2,1-2H3,(H,19,20). The van der Waals surface area contributed by atoms with E-state index in [9.17, 15) is 4.79 Å². The molecule has 0 fully saturated rings. The van der Waals surface area contributed by atoms with E-state index in [1.165, 1.54) is 0 Å². The van der Waals surface area contributed by atoms with Crippen LogP contribution in [0.2, 0.25) is 0 Å². The van der Waals surface area contributed by atoms with Gasteiger partial charge in [0.25, 0.3) is 0 Å². The molecule has 0 heterocycles. The minimum atomic E-state index is -0.175. The molecule has 0 aromatic heterocycles. The summed E-state index contributed by atoms with van der Waals surface area (Å²) in [4.78, 5) is 12.1. The number of nitrogens with one attached hydrogen (secondary N) is 2. The number of carbonyl (C=O) groups excluding carboxylic acids is 1. The molecule has 2 N–H and O–H groups in total. The molecule has 2 rings (SSSR count). The molecule has 0 atom stereocenters. The molecule has 5 nitrogen and oxygen atoms in total. The third-order valence-electron chi connectivity index (χ3n) is 2.98. The number of hydrogen-bond donors (Lipinski definition) is 2. The Balaban J connectivity index is 2.00. The lowest BCUT2D eigenvalue weighted by Gasteiger charge is -2.13. The molecule has 22 heavy (non-hydrogen) atoms. The molecule has 116 valence electrons. The summed E-state index contributed by atoms with van der Waals surface area (Å²) in [5.74, 6) is 1.12. The lowest BCUT2D eigenvalue weighted by atomic mass is 10.2. The van der Waals surface area contributed by atoms with Crippen molar-refractivity contribution in [3.63, 3.8) is 0 Å². The first-order valence-electron chi connectivity index (χ1n) is 6.64. The molecule has 0 aliphatic rings. The van der Waals surface area contributed by atoms with E-state index in [2.05, 4.69) is 26.6 Å². The van der Waals surface area contributed by atoms with E-state index in [1.807, 2.05) is 30.3 Å². The lowest BCUT2D eigenvalue weighted by molar-refractivity contribution is -0.114. The van der Waals surface area contributed by atoms with Crippen molar-refractivity contribution in [1.82, 2.24) is 0 Å². The predicted octanol–water partition coefficient (Wildman–Crippen LogP) is 3.52. The molecule has 6 heteroatoms.